The van der Waals surface area contributed by atoms with Crippen molar-refractivity contribution in [3.8, 4) is 10.4 Å². The van der Waals surface area contributed by atoms with Crippen LogP contribution >= 0.6 is 11.3 Å². The number of ether oxygens (including phenoxy) is 1. The van der Waals surface area contributed by atoms with Gasteiger partial charge in [0.1, 0.15) is 10.8 Å². The summed E-state index contributed by atoms with van der Waals surface area (Å²) in [6.45, 7) is 4.84. The quantitative estimate of drug-likeness (QED) is 0.430. The lowest BCUT2D eigenvalue weighted by Gasteiger charge is -2.33. The third-order valence-electron chi connectivity index (χ3n) is 6.05. The van der Waals surface area contributed by atoms with Crippen molar-refractivity contribution in [1.82, 2.24) is 9.21 Å². The molecule has 1 amide bonds. The van der Waals surface area contributed by atoms with Gasteiger partial charge in [-0.25, -0.2) is 17.6 Å². The Bertz CT molecular complexity index is 1380. The Labute approximate surface area is 219 Å². The predicted octanol–water partition coefficient (Wildman–Crippen LogP) is 3.98. The fraction of sp³-hybridized carbons (Fsp3) is 0.308. The van der Waals surface area contributed by atoms with Crippen LogP contribution in [0.4, 0.5) is 9.39 Å². The summed E-state index contributed by atoms with van der Waals surface area (Å²) in [5, 5.41) is 3.29. The Kier molecular flexibility index (Phi) is 8.38. The van der Waals surface area contributed by atoms with E-state index in [-0.39, 0.29) is 37.0 Å². The van der Waals surface area contributed by atoms with E-state index in [0.717, 1.165) is 22.1 Å². The van der Waals surface area contributed by atoms with Crippen molar-refractivity contribution in [2.75, 3.05) is 44.6 Å². The van der Waals surface area contributed by atoms with Crippen molar-refractivity contribution in [2.24, 2.45) is 0 Å². The number of sulfonamides is 1. The second kappa shape index (κ2) is 11.5. The van der Waals surface area contributed by atoms with Crippen LogP contribution in [0.3, 0.4) is 0 Å². The van der Waals surface area contributed by atoms with Crippen molar-refractivity contribution in [3.63, 3.8) is 0 Å². The number of esters is 1. The molecule has 1 aliphatic heterocycles. The van der Waals surface area contributed by atoms with E-state index >= 15 is 0 Å². The summed E-state index contributed by atoms with van der Waals surface area (Å²) in [6.07, 6.45) is 0. The summed E-state index contributed by atoms with van der Waals surface area (Å²) in [5.41, 5.74) is 2.01. The molecule has 4 rings (SSSR count). The predicted molar refractivity (Wildman–Crippen MR) is 141 cm³/mol. The average Bonchev–Trinajstić information content (AvgIpc) is 3.20. The van der Waals surface area contributed by atoms with E-state index in [1.165, 1.54) is 33.8 Å². The number of amides is 1. The largest absolute Gasteiger partial charge is 0.462 e. The van der Waals surface area contributed by atoms with Crippen LogP contribution in [0.1, 0.15) is 22.8 Å². The number of carbonyl (C=O) groups is 2. The van der Waals surface area contributed by atoms with Gasteiger partial charge in [0.25, 0.3) is 0 Å². The van der Waals surface area contributed by atoms with Crippen LogP contribution in [0.25, 0.3) is 10.4 Å². The Hall–Kier alpha value is -3.12. The molecule has 0 radical (unpaired) electrons. The van der Waals surface area contributed by atoms with Crippen LogP contribution in [0.15, 0.2) is 59.5 Å². The minimum Gasteiger partial charge on any atom is -0.462 e. The number of benzene rings is 2. The van der Waals surface area contributed by atoms with Crippen molar-refractivity contribution in [2.45, 2.75) is 18.7 Å². The zero-order valence-electron chi connectivity index (χ0n) is 20.6. The molecule has 196 valence electrons. The Morgan fingerprint density at radius 2 is 1.76 bits per heavy atom. The summed E-state index contributed by atoms with van der Waals surface area (Å²) in [7, 11) is -3.82. The van der Waals surface area contributed by atoms with Crippen LogP contribution in [-0.2, 0) is 19.6 Å². The number of hydrogen-bond acceptors (Lipinski definition) is 7. The van der Waals surface area contributed by atoms with Gasteiger partial charge in [-0.15, -0.1) is 11.3 Å². The summed E-state index contributed by atoms with van der Waals surface area (Å²) in [4.78, 5) is 28.3. The first-order valence-corrected chi connectivity index (χ1v) is 14.1. The first kappa shape index (κ1) is 26.9. The normalized spacial score (nSPS) is 14.9. The van der Waals surface area contributed by atoms with E-state index < -0.39 is 21.8 Å². The highest BCUT2D eigenvalue weighted by Gasteiger charge is 2.30. The van der Waals surface area contributed by atoms with E-state index in [1.54, 1.807) is 6.92 Å². The van der Waals surface area contributed by atoms with Crippen LogP contribution in [0, 0.1) is 12.7 Å². The molecule has 1 N–H and O–H groups in total. The lowest BCUT2D eigenvalue weighted by atomic mass is 10.1. The SMILES string of the molecule is CCOC(=O)c1c(NC(=O)CN2CCN(S(=O)(=O)c3cccc(F)c3)CC2)sc(-c2ccccc2)c1C. The minimum atomic E-state index is -3.82. The first-order chi connectivity index (χ1) is 17.7. The number of piperazine rings is 1. The molecule has 0 spiro atoms. The number of halogens is 1. The van der Waals surface area contributed by atoms with Crippen molar-refractivity contribution < 1.29 is 27.1 Å². The molecule has 1 saturated heterocycles. The van der Waals surface area contributed by atoms with Crippen LogP contribution in [-0.4, -0.2) is 68.8 Å². The molecular weight excluding hydrogens is 517 g/mol. The van der Waals surface area contributed by atoms with Gasteiger partial charge in [-0.1, -0.05) is 36.4 Å². The van der Waals surface area contributed by atoms with Gasteiger partial charge >= 0.3 is 5.97 Å². The highest BCUT2D eigenvalue weighted by Crippen LogP contribution is 2.40. The number of anilines is 1. The highest BCUT2D eigenvalue weighted by atomic mass is 32.2. The Morgan fingerprint density at radius 3 is 2.41 bits per heavy atom. The molecule has 0 unspecified atom stereocenters. The molecule has 1 aromatic heterocycles. The van der Waals surface area contributed by atoms with Crippen molar-refractivity contribution >= 4 is 38.2 Å². The van der Waals surface area contributed by atoms with Crippen LogP contribution < -0.4 is 5.32 Å². The summed E-state index contributed by atoms with van der Waals surface area (Å²) in [6, 6.07) is 14.5. The summed E-state index contributed by atoms with van der Waals surface area (Å²) in [5.74, 6) is -1.42. The fourth-order valence-electron chi connectivity index (χ4n) is 4.19. The Balaban J connectivity index is 1.43. The van der Waals surface area contributed by atoms with Gasteiger partial charge in [-0.05, 0) is 43.2 Å². The number of rotatable bonds is 8. The monoisotopic (exact) mass is 545 g/mol. The highest BCUT2D eigenvalue weighted by molar-refractivity contribution is 7.89. The number of nitrogens with one attached hydrogen (secondary N) is 1. The third kappa shape index (κ3) is 6.07. The molecule has 2 heterocycles. The van der Waals surface area contributed by atoms with E-state index in [1.807, 2.05) is 42.2 Å². The topological polar surface area (TPSA) is 96.0 Å². The van der Waals surface area contributed by atoms with Crippen LogP contribution in [0.5, 0.6) is 0 Å². The Morgan fingerprint density at radius 1 is 1.05 bits per heavy atom. The van der Waals surface area contributed by atoms with Crippen molar-refractivity contribution in [3.05, 3.63) is 71.5 Å². The lowest BCUT2D eigenvalue weighted by molar-refractivity contribution is -0.117. The molecule has 0 saturated carbocycles. The average molecular weight is 546 g/mol. The molecule has 1 fully saturated rings. The molecular formula is C26H28FN3O5S2. The second-order valence-electron chi connectivity index (χ2n) is 8.53. The van der Waals surface area contributed by atoms with Crippen LogP contribution in [0.2, 0.25) is 0 Å². The standard InChI is InChI=1S/C26H28FN3O5S2/c1-3-35-26(32)23-18(2)24(19-8-5-4-6-9-19)36-25(23)28-22(31)17-29-12-14-30(15-13-29)37(33,34)21-11-7-10-20(27)16-21/h4-11,16H,3,12-15,17H2,1-2H3,(H,28,31). The van der Waals surface area contributed by atoms with E-state index in [9.17, 15) is 22.4 Å². The van der Waals surface area contributed by atoms with E-state index in [2.05, 4.69) is 5.32 Å². The van der Waals surface area contributed by atoms with Gasteiger partial charge in [-0.2, -0.15) is 4.31 Å². The van der Waals surface area contributed by atoms with E-state index in [0.29, 0.717) is 23.7 Å². The van der Waals surface area contributed by atoms with Gasteiger partial charge in [0.05, 0.1) is 23.6 Å². The van der Waals surface area contributed by atoms with Gasteiger partial charge in [-0.3, -0.25) is 9.69 Å². The molecule has 1 aliphatic rings. The summed E-state index contributed by atoms with van der Waals surface area (Å²) >= 11 is 1.32. The van der Waals surface area contributed by atoms with Crippen molar-refractivity contribution in [1.29, 1.82) is 0 Å². The maximum absolute atomic E-state index is 13.5. The smallest absolute Gasteiger partial charge is 0.341 e. The summed E-state index contributed by atoms with van der Waals surface area (Å²) < 4.78 is 45.7. The van der Waals surface area contributed by atoms with Gasteiger partial charge < -0.3 is 10.1 Å². The maximum atomic E-state index is 13.5. The van der Waals surface area contributed by atoms with Gasteiger partial charge in [0, 0.05) is 31.1 Å². The number of thiophene rings is 1. The molecule has 3 aromatic rings. The molecule has 0 bridgehead atoms. The molecule has 37 heavy (non-hydrogen) atoms. The maximum Gasteiger partial charge on any atom is 0.341 e. The molecule has 0 atom stereocenters. The first-order valence-electron chi connectivity index (χ1n) is 11.8. The fourth-order valence-corrected chi connectivity index (χ4v) is 6.86. The minimum absolute atomic E-state index is 0.0355. The second-order valence-corrected chi connectivity index (χ2v) is 11.5. The molecule has 11 heteroatoms. The molecule has 2 aromatic carbocycles. The number of nitrogens with zero attached hydrogens (tertiary/aromatic N) is 2. The molecule has 0 aliphatic carbocycles. The van der Waals surface area contributed by atoms with Gasteiger partial charge in [0.2, 0.25) is 15.9 Å². The number of hydrogen-bond donors (Lipinski definition) is 1. The third-order valence-corrected chi connectivity index (χ3v) is 9.20. The zero-order chi connectivity index (χ0) is 26.6. The van der Waals surface area contributed by atoms with E-state index in [4.69, 9.17) is 4.74 Å². The number of carbonyl (C=O) groups excluding carboxylic acids is 2. The zero-order valence-corrected chi connectivity index (χ0v) is 22.2. The van der Waals surface area contributed by atoms with Gasteiger partial charge in [0.15, 0.2) is 0 Å². The lowest BCUT2D eigenvalue weighted by Crippen LogP contribution is -2.50. The molecule has 8 nitrogen and oxygen atoms in total.